The Balaban J connectivity index is 1.44. The molecule has 24 heavy (non-hydrogen) atoms. The first kappa shape index (κ1) is 15.9. The Morgan fingerprint density at radius 1 is 1.29 bits per heavy atom. The normalized spacial score (nSPS) is 19.3. The van der Waals surface area contributed by atoms with Crippen molar-refractivity contribution in [1.82, 2.24) is 9.88 Å². The van der Waals surface area contributed by atoms with Crippen molar-refractivity contribution in [2.45, 2.75) is 19.9 Å². The summed E-state index contributed by atoms with van der Waals surface area (Å²) in [5.74, 6) is 2.28. The van der Waals surface area contributed by atoms with Gasteiger partial charge in [0.1, 0.15) is 5.01 Å². The summed E-state index contributed by atoms with van der Waals surface area (Å²) in [7, 11) is 0. The maximum absolute atomic E-state index is 5.49. The van der Waals surface area contributed by atoms with Gasteiger partial charge in [0, 0.05) is 30.6 Å². The molecule has 1 aromatic carbocycles. The molecule has 2 aromatic rings. The van der Waals surface area contributed by atoms with Gasteiger partial charge in [-0.15, -0.1) is 11.3 Å². The average Bonchev–Trinajstić information content (AvgIpc) is 3.35. The van der Waals surface area contributed by atoms with Crippen molar-refractivity contribution in [2.24, 2.45) is 5.92 Å². The van der Waals surface area contributed by atoms with Crippen LogP contribution in [0.5, 0.6) is 11.5 Å². The molecule has 0 N–H and O–H groups in total. The van der Waals surface area contributed by atoms with Gasteiger partial charge in [0.2, 0.25) is 6.79 Å². The Morgan fingerprint density at radius 3 is 3.04 bits per heavy atom. The molecular formula is C18H22N2O3S. The van der Waals surface area contributed by atoms with E-state index in [9.17, 15) is 0 Å². The van der Waals surface area contributed by atoms with Crippen molar-refractivity contribution in [3.63, 3.8) is 0 Å². The second-order valence-corrected chi connectivity index (χ2v) is 7.13. The summed E-state index contributed by atoms with van der Waals surface area (Å²) < 4.78 is 16.3. The van der Waals surface area contributed by atoms with E-state index >= 15 is 0 Å². The van der Waals surface area contributed by atoms with E-state index < -0.39 is 0 Å². The second-order valence-electron chi connectivity index (χ2n) is 6.27. The third-order valence-electron chi connectivity index (χ3n) is 4.54. The van der Waals surface area contributed by atoms with Crippen LogP contribution >= 0.6 is 11.3 Å². The van der Waals surface area contributed by atoms with Gasteiger partial charge in [-0.3, -0.25) is 4.90 Å². The zero-order valence-corrected chi connectivity index (χ0v) is 14.7. The molecule has 5 nitrogen and oxygen atoms in total. The van der Waals surface area contributed by atoms with Gasteiger partial charge in [-0.1, -0.05) is 6.92 Å². The fourth-order valence-electron chi connectivity index (χ4n) is 3.17. The minimum atomic E-state index is 0.304. The van der Waals surface area contributed by atoms with Crippen LogP contribution in [-0.4, -0.2) is 43.0 Å². The Kier molecular flexibility index (Phi) is 4.69. The summed E-state index contributed by atoms with van der Waals surface area (Å²) in [6, 6.07) is 6.01. The van der Waals surface area contributed by atoms with Crippen LogP contribution in [0.15, 0.2) is 23.6 Å². The molecule has 0 bridgehead atoms. The second kappa shape index (κ2) is 7.09. The topological polar surface area (TPSA) is 43.8 Å². The molecule has 1 saturated heterocycles. The van der Waals surface area contributed by atoms with E-state index in [1.807, 2.05) is 18.2 Å². The zero-order chi connectivity index (χ0) is 16.4. The minimum Gasteiger partial charge on any atom is -0.454 e. The molecule has 3 heterocycles. The van der Waals surface area contributed by atoms with E-state index in [-0.39, 0.29) is 0 Å². The molecule has 128 valence electrons. The lowest BCUT2D eigenvalue weighted by Gasteiger charge is -2.22. The highest BCUT2D eigenvalue weighted by Crippen LogP contribution is 2.36. The summed E-state index contributed by atoms with van der Waals surface area (Å²) in [5.41, 5.74) is 2.22. The minimum absolute atomic E-state index is 0.304. The first-order valence-corrected chi connectivity index (χ1v) is 9.34. The van der Waals surface area contributed by atoms with E-state index in [4.69, 9.17) is 19.2 Å². The third kappa shape index (κ3) is 3.41. The Hall–Kier alpha value is -1.63. The molecule has 2 aliphatic rings. The Morgan fingerprint density at radius 2 is 2.21 bits per heavy atom. The van der Waals surface area contributed by atoms with Gasteiger partial charge in [-0.25, -0.2) is 4.98 Å². The average molecular weight is 346 g/mol. The quantitative estimate of drug-likeness (QED) is 0.802. The van der Waals surface area contributed by atoms with Gasteiger partial charge in [0.25, 0.3) is 0 Å². The van der Waals surface area contributed by atoms with Crippen LogP contribution in [0.4, 0.5) is 0 Å². The first-order chi connectivity index (χ1) is 11.8. The molecule has 0 radical (unpaired) electrons. The van der Waals surface area contributed by atoms with Crippen LogP contribution in [0, 0.1) is 5.92 Å². The first-order valence-electron chi connectivity index (χ1n) is 8.46. The predicted octanol–water partition coefficient (Wildman–Crippen LogP) is 3.40. The largest absolute Gasteiger partial charge is 0.454 e. The zero-order valence-electron chi connectivity index (χ0n) is 13.9. The van der Waals surface area contributed by atoms with Crippen molar-refractivity contribution >= 4 is 11.3 Å². The number of thiazole rings is 1. The van der Waals surface area contributed by atoms with Gasteiger partial charge < -0.3 is 14.2 Å². The molecule has 1 aromatic heterocycles. The molecule has 0 saturated carbocycles. The highest BCUT2D eigenvalue weighted by Gasteiger charge is 2.20. The Labute approximate surface area is 146 Å². The lowest BCUT2D eigenvalue weighted by Crippen LogP contribution is -2.29. The molecule has 2 aliphatic heterocycles. The van der Waals surface area contributed by atoms with Gasteiger partial charge >= 0.3 is 0 Å². The lowest BCUT2D eigenvalue weighted by atomic mass is 10.1. The molecule has 0 aliphatic carbocycles. The van der Waals surface area contributed by atoms with E-state index in [1.54, 1.807) is 11.3 Å². The standard InChI is InChI=1S/C18H22N2O3S/c1-2-20(8-13-5-6-21-10-13)9-15-11-24-18(19-15)14-3-4-16-17(7-14)23-12-22-16/h3-4,7,11,13H,2,5-6,8-10,12H2,1H3. The van der Waals surface area contributed by atoms with Crippen LogP contribution in [0.3, 0.4) is 0 Å². The molecule has 0 amide bonds. The number of nitrogens with zero attached hydrogens (tertiary/aromatic N) is 2. The number of fused-ring (bicyclic) bond motifs is 1. The number of rotatable bonds is 6. The summed E-state index contributed by atoms with van der Waals surface area (Å²) in [4.78, 5) is 7.27. The highest BCUT2D eigenvalue weighted by atomic mass is 32.1. The van der Waals surface area contributed by atoms with E-state index in [2.05, 4.69) is 17.2 Å². The Bertz CT molecular complexity index is 697. The molecule has 1 fully saturated rings. The summed E-state index contributed by atoms with van der Waals surface area (Å²) >= 11 is 1.68. The molecule has 1 atom stereocenters. The van der Waals surface area contributed by atoms with Crippen molar-refractivity contribution in [3.8, 4) is 22.1 Å². The van der Waals surface area contributed by atoms with Crippen LogP contribution in [-0.2, 0) is 11.3 Å². The molecule has 4 rings (SSSR count). The molecule has 6 heteroatoms. The third-order valence-corrected chi connectivity index (χ3v) is 5.48. The van der Waals surface area contributed by atoms with Crippen LogP contribution < -0.4 is 9.47 Å². The number of benzene rings is 1. The fourth-order valence-corrected chi connectivity index (χ4v) is 3.98. The van der Waals surface area contributed by atoms with Crippen LogP contribution in [0.1, 0.15) is 19.0 Å². The van der Waals surface area contributed by atoms with Crippen molar-refractivity contribution in [2.75, 3.05) is 33.1 Å². The maximum atomic E-state index is 5.49. The smallest absolute Gasteiger partial charge is 0.231 e. The van der Waals surface area contributed by atoms with Crippen LogP contribution in [0.25, 0.3) is 10.6 Å². The van der Waals surface area contributed by atoms with Crippen molar-refractivity contribution < 1.29 is 14.2 Å². The molecule has 1 unspecified atom stereocenters. The fraction of sp³-hybridized carbons (Fsp3) is 0.500. The van der Waals surface area contributed by atoms with E-state index in [0.717, 1.165) is 60.6 Å². The number of hydrogen-bond donors (Lipinski definition) is 0. The van der Waals surface area contributed by atoms with E-state index in [0.29, 0.717) is 12.7 Å². The van der Waals surface area contributed by atoms with Crippen molar-refractivity contribution in [3.05, 3.63) is 29.3 Å². The number of hydrogen-bond acceptors (Lipinski definition) is 6. The highest BCUT2D eigenvalue weighted by molar-refractivity contribution is 7.13. The van der Waals surface area contributed by atoms with Gasteiger partial charge in [0.05, 0.1) is 12.3 Å². The monoisotopic (exact) mass is 346 g/mol. The summed E-state index contributed by atoms with van der Waals surface area (Å²) in [6.07, 6.45) is 1.18. The lowest BCUT2D eigenvalue weighted by molar-refractivity contribution is 0.166. The number of ether oxygens (including phenoxy) is 3. The van der Waals surface area contributed by atoms with Gasteiger partial charge in [-0.2, -0.15) is 0 Å². The summed E-state index contributed by atoms with van der Waals surface area (Å²) in [5, 5.41) is 3.19. The predicted molar refractivity (Wildman–Crippen MR) is 93.6 cm³/mol. The summed E-state index contributed by atoms with van der Waals surface area (Å²) in [6.45, 7) is 7.34. The maximum Gasteiger partial charge on any atom is 0.231 e. The van der Waals surface area contributed by atoms with Crippen LogP contribution in [0.2, 0.25) is 0 Å². The van der Waals surface area contributed by atoms with E-state index in [1.165, 1.54) is 6.42 Å². The number of aromatic nitrogens is 1. The molecule has 0 spiro atoms. The van der Waals surface area contributed by atoms with Gasteiger partial charge in [0.15, 0.2) is 11.5 Å². The molecular weight excluding hydrogens is 324 g/mol. The van der Waals surface area contributed by atoms with Gasteiger partial charge in [-0.05, 0) is 37.1 Å². The van der Waals surface area contributed by atoms with Crippen molar-refractivity contribution in [1.29, 1.82) is 0 Å². The SMILES string of the molecule is CCN(Cc1csc(-c2ccc3c(c2)OCO3)n1)CC1CCOC1.